The first-order valence-corrected chi connectivity index (χ1v) is 10.2. The molecule has 0 radical (unpaired) electrons. The Morgan fingerprint density at radius 1 is 1.18 bits per heavy atom. The van der Waals surface area contributed by atoms with Crippen LogP contribution in [0.5, 0.6) is 11.5 Å². The fourth-order valence-electron chi connectivity index (χ4n) is 2.57. The summed E-state index contributed by atoms with van der Waals surface area (Å²) in [7, 11) is 0. The second kappa shape index (κ2) is 8.94. The first-order valence-electron chi connectivity index (χ1n) is 8.50. The van der Waals surface area contributed by atoms with Crippen LogP contribution in [0, 0.1) is 0 Å². The van der Waals surface area contributed by atoms with Gasteiger partial charge in [-0.05, 0) is 53.4 Å². The molecule has 0 spiro atoms. The van der Waals surface area contributed by atoms with Crippen molar-refractivity contribution in [2.75, 3.05) is 13.1 Å². The molecule has 2 aromatic rings. The highest BCUT2D eigenvalue weighted by Gasteiger charge is 2.35. The van der Waals surface area contributed by atoms with Crippen LogP contribution in [0.2, 0.25) is 0 Å². The molecule has 1 aliphatic heterocycles. The molecule has 0 atom stereocenters. The molecule has 3 N–H and O–H groups in total. The average Bonchev–Trinajstić information content (AvgIpc) is 3.25. The number of nitrogens with one attached hydrogen (secondary N) is 1. The van der Waals surface area contributed by atoms with Crippen LogP contribution in [0.15, 0.2) is 40.6 Å². The van der Waals surface area contributed by atoms with Crippen LogP contribution in [-0.2, 0) is 16.0 Å². The Balaban J connectivity index is 1.45. The van der Waals surface area contributed by atoms with Crippen molar-refractivity contribution in [1.29, 1.82) is 0 Å². The predicted molar refractivity (Wildman–Crippen MR) is 108 cm³/mol. The fraction of sp³-hybridized carbons (Fsp3) is 0.211. The van der Waals surface area contributed by atoms with Crippen LogP contribution in [0.1, 0.15) is 16.9 Å². The number of thiophene rings is 1. The quantitative estimate of drug-likeness (QED) is 0.471. The van der Waals surface area contributed by atoms with Gasteiger partial charge < -0.3 is 15.5 Å². The van der Waals surface area contributed by atoms with E-state index in [0.29, 0.717) is 17.9 Å². The van der Waals surface area contributed by atoms with Crippen molar-refractivity contribution >= 4 is 46.2 Å². The number of hydrogen-bond acceptors (Lipinski definition) is 7. The lowest BCUT2D eigenvalue weighted by Crippen LogP contribution is -2.34. The van der Waals surface area contributed by atoms with Crippen molar-refractivity contribution in [2.24, 2.45) is 0 Å². The van der Waals surface area contributed by atoms with Gasteiger partial charge in [0.1, 0.15) is 0 Å². The smallest absolute Gasteiger partial charge is 0.293 e. The number of thioether (sulfide) groups is 1. The van der Waals surface area contributed by atoms with E-state index < -0.39 is 0 Å². The molecule has 1 aromatic carbocycles. The van der Waals surface area contributed by atoms with Crippen LogP contribution in [-0.4, -0.2) is 45.3 Å². The zero-order valence-electron chi connectivity index (χ0n) is 14.8. The third-order valence-corrected chi connectivity index (χ3v) is 5.75. The molecular weight excluding hydrogens is 400 g/mol. The number of carbonyl (C=O) groups is 3. The van der Waals surface area contributed by atoms with E-state index in [4.69, 9.17) is 0 Å². The predicted octanol–water partition coefficient (Wildman–Crippen LogP) is 2.94. The molecule has 1 saturated heterocycles. The number of rotatable bonds is 7. The minimum Gasteiger partial charge on any atom is -0.504 e. The maximum Gasteiger partial charge on any atom is 0.293 e. The summed E-state index contributed by atoms with van der Waals surface area (Å²) in [5, 5.41) is 23.0. The number of imide groups is 1. The summed E-state index contributed by atoms with van der Waals surface area (Å²) >= 11 is 2.35. The van der Waals surface area contributed by atoms with E-state index in [1.54, 1.807) is 12.1 Å². The summed E-state index contributed by atoms with van der Waals surface area (Å²) < 4.78 is 0. The van der Waals surface area contributed by atoms with Crippen LogP contribution in [0.3, 0.4) is 0 Å². The van der Waals surface area contributed by atoms with Gasteiger partial charge in [0.2, 0.25) is 5.91 Å². The topological polar surface area (TPSA) is 107 Å². The zero-order valence-corrected chi connectivity index (χ0v) is 16.4. The van der Waals surface area contributed by atoms with Gasteiger partial charge in [0.05, 0.1) is 4.91 Å². The van der Waals surface area contributed by atoms with E-state index in [1.165, 1.54) is 23.5 Å². The Labute approximate surface area is 169 Å². The molecule has 1 fully saturated rings. The average molecular weight is 418 g/mol. The standard InChI is InChI=1S/C19H18N2O5S2/c22-14-4-3-12(10-15(14)23)5-7-20-17(24)6-8-21-18(25)16(28-19(21)26)11-13-2-1-9-27-13/h1-4,9-11,22-23H,5-8H2,(H,20,24). The van der Waals surface area contributed by atoms with E-state index in [1.807, 2.05) is 17.5 Å². The van der Waals surface area contributed by atoms with Gasteiger partial charge in [0.15, 0.2) is 11.5 Å². The summed E-state index contributed by atoms with van der Waals surface area (Å²) in [5.41, 5.74) is 0.764. The molecule has 0 saturated carbocycles. The van der Waals surface area contributed by atoms with E-state index >= 15 is 0 Å². The maximum absolute atomic E-state index is 12.4. The van der Waals surface area contributed by atoms with Gasteiger partial charge in [-0.25, -0.2) is 0 Å². The summed E-state index contributed by atoms with van der Waals surface area (Å²) in [4.78, 5) is 38.7. The molecule has 0 bridgehead atoms. The maximum atomic E-state index is 12.4. The number of benzene rings is 1. The van der Waals surface area contributed by atoms with Crippen molar-refractivity contribution in [2.45, 2.75) is 12.8 Å². The Hall–Kier alpha value is -2.78. The lowest BCUT2D eigenvalue weighted by molar-refractivity contribution is -0.124. The Bertz CT molecular complexity index is 924. The van der Waals surface area contributed by atoms with Gasteiger partial charge in [-0.2, -0.15) is 0 Å². The van der Waals surface area contributed by atoms with Crippen molar-refractivity contribution < 1.29 is 24.6 Å². The minimum absolute atomic E-state index is 0.0190. The molecule has 0 aliphatic carbocycles. The van der Waals surface area contributed by atoms with Gasteiger partial charge in [-0.15, -0.1) is 11.3 Å². The van der Waals surface area contributed by atoms with Gasteiger partial charge in [-0.1, -0.05) is 12.1 Å². The number of hydrogen-bond donors (Lipinski definition) is 3. The van der Waals surface area contributed by atoms with Gasteiger partial charge >= 0.3 is 0 Å². The second-order valence-electron chi connectivity index (χ2n) is 6.02. The number of carbonyl (C=O) groups excluding carboxylic acids is 3. The SMILES string of the molecule is O=C(CCN1C(=O)SC(=Cc2cccs2)C1=O)NCCc1ccc(O)c(O)c1. The molecule has 3 rings (SSSR count). The molecule has 9 heteroatoms. The lowest BCUT2D eigenvalue weighted by Gasteiger charge is -2.12. The van der Waals surface area contributed by atoms with E-state index in [0.717, 1.165) is 27.1 Å². The van der Waals surface area contributed by atoms with Crippen LogP contribution in [0.25, 0.3) is 6.08 Å². The Morgan fingerprint density at radius 3 is 2.71 bits per heavy atom. The second-order valence-corrected chi connectivity index (χ2v) is 7.99. The number of amides is 3. The molecule has 28 heavy (non-hydrogen) atoms. The summed E-state index contributed by atoms with van der Waals surface area (Å²) in [5.74, 6) is -1.06. The van der Waals surface area contributed by atoms with Crippen molar-refractivity contribution in [3.05, 3.63) is 51.1 Å². The van der Waals surface area contributed by atoms with E-state index in [-0.39, 0.29) is 41.5 Å². The largest absolute Gasteiger partial charge is 0.504 e. The molecule has 1 aliphatic rings. The normalized spacial score (nSPS) is 15.4. The van der Waals surface area contributed by atoms with Crippen LogP contribution < -0.4 is 5.32 Å². The highest BCUT2D eigenvalue weighted by Crippen LogP contribution is 2.33. The third kappa shape index (κ3) is 4.93. The lowest BCUT2D eigenvalue weighted by atomic mass is 10.1. The monoisotopic (exact) mass is 418 g/mol. The Kier molecular flexibility index (Phi) is 6.37. The highest BCUT2D eigenvalue weighted by atomic mass is 32.2. The summed E-state index contributed by atoms with van der Waals surface area (Å²) in [6, 6.07) is 8.20. The summed E-state index contributed by atoms with van der Waals surface area (Å²) in [6.07, 6.45) is 2.18. The first kappa shape index (κ1) is 20.0. The molecule has 2 heterocycles. The first-order chi connectivity index (χ1) is 13.4. The number of phenols is 2. The molecule has 1 aromatic heterocycles. The van der Waals surface area contributed by atoms with Gasteiger partial charge in [-0.3, -0.25) is 19.3 Å². The van der Waals surface area contributed by atoms with E-state index in [9.17, 15) is 24.6 Å². The number of phenolic OH excluding ortho intramolecular Hbond substituents is 2. The van der Waals surface area contributed by atoms with Crippen LogP contribution in [0.4, 0.5) is 4.79 Å². The molecule has 3 amide bonds. The zero-order chi connectivity index (χ0) is 20.1. The molecule has 146 valence electrons. The number of nitrogens with zero attached hydrogens (tertiary/aromatic N) is 1. The van der Waals surface area contributed by atoms with Gasteiger partial charge in [0, 0.05) is 24.4 Å². The van der Waals surface area contributed by atoms with Crippen molar-refractivity contribution in [1.82, 2.24) is 10.2 Å². The van der Waals surface area contributed by atoms with E-state index in [2.05, 4.69) is 5.32 Å². The molecular formula is C19H18N2O5S2. The highest BCUT2D eigenvalue weighted by molar-refractivity contribution is 8.18. The van der Waals surface area contributed by atoms with Crippen molar-refractivity contribution in [3.63, 3.8) is 0 Å². The van der Waals surface area contributed by atoms with Gasteiger partial charge in [0.25, 0.3) is 11.1 Å². The minimum atomic E-state index is -0.379. The Morgan fingerprint density at radius 2 is 2.00 bits per heavy atom. The van der Waals surface area contributed by atoms with Crippen LogP contribution >= 0.6 is 23.1 Å². The number of aromatic hydroxyl groups is 2. The van der Waals surface area contributed by atoms with Crippen molar-refractivity contribution in [3.8, 4) is 11.5 Å². The molecule has 7 nitrogen and oxygen atoms in total. The fourth-order valence-corrected chi connectivity index (χ4v) is 4.16. The summed E-state index contributed by atoms with van der Waals surface area (Å²) in [6.45, 7) is 0.363. The third-order valence-electron chi connectivity index (χ3n) is 4.03. The molecule has 0 unspecified atom stereocenters.